The van der Waals surface area contributed by atoms with Crippen molar-refractivity contribution in [2.45, 2.75) is 12.5 Å². The van der Waals surface area contributed by atoms with Crippen LogP contribution in [0.5, 0.6) is 0 Å². The Labute approximate surface area is 87.9 Å². The van der Waals surface area contributed by atoms with Crippen LogP contribution < -0.4 is 5.32 Å². The molecule has 0 aliphatic heterocycles. The third-order valence-electron chi connectivity index (χ3n) is 1.65. The number of aliphatic carboxylic acids is 1. The molecule has 0 saturated carbocycles. The zero-order valence-corrected chi connectivity index (χ0v) is 8.43. The number of carbonyl (C=O) groups excluding carboxylic acids is 1. The minimum Gasteiger partial charge on any atom is -0.479 e. The molecular weight excluding hydrogens is 200 g/mol. The minimum absolute atomic E-state index is 0.0367. The number of amides is 2. The van der Waals surface area contributed by atoms with Gasteiger partial charge in [0.15, 0.2) is 6.10 Å². The number of urea groups is 1. The minimum atomic E-state index is -1.46. The van der Waals surface area contributed by atoms with Crippen LogP contribution in [0.1, 0.15) is 6.42 Å². The van der Waals surface area contributed by atoms with Crippen molar-refractivity contribution < 1.29 is 19.8 Å². The highest BCUT2D eigenvalue weighted by molar-refractivity contribution is 5.74. The molecule has 0 aliphatic rings. The van der Waals surface area contributed by atoms with E-state index < -0.39 is 18.1 Å². The van der Waals surface area contributed by atoms with E-state index in [9.17, 15) is 9.59 Å². The Kier molecular flexibility index (Phi) is 5.90. The van der Waals surface area contributed by atoms with Gasteiger partial charge in [-0.25, -0.2) is 9.59 Å². The molecule has 0 aromatic rings. The predicted octanol–water partition coefficient (Wildman–Crippen LogP) is -0.903. The average Bonchev–Trinajstić information content (AvgIpc) is 2.17. The van der Waals surface area contributed by atoms with Gasteiger partial charge in [0.1, 0.15) is 0 Å². The van der Waals surface area contributed by atoms with Gasteiger partial charge >= 0.3 is 12.0 Å². The Morgan fingerprint density at radius 1 is 1.60 bits per heavy atom. The smallest absolute Gasteiger partial charge is 0.332 e. The van der Waals surface area contributed by atoms with Crippen LogP contribution in [0.15, 0.2) is 0 Å². The van der Waals surface area contributed by atoms with Crippen LogP contribution in [0.2, 0.25) is 0 Å². The average molecular weight is 214 g/mol. The quantitative estimate of drug-likeness (QED) is 0.517. The number of nitrogens with one attached hydrogen (secondary N) is 1. The van der Waals surface area contributed by atoms with Gasteiger partial charge in [-0.2, -0.15) is 0 Å². The highest BCUT2D eigenvalue weighted by atomic mass is 16.4. The van der Waals surface area contributed by atoms with Gasteiger partial charge in [-0.1, -0.05) is 5.92 Å². The van der Waals surface area contributed by atoms with E-state index in [0.29, 0.717) is 0 Å². The number of terminal acetylenes is 1. The van der Waals surface area contributed by atoms with E-state index in [1.807, 2.05) is 0 Å². The summed E-state index contributed by atoms with van der Waals surface area (Å²) in [5, 5.41) is 19.6. The fourth-order valence-electron chi connectivity index (χ4n) is 0.783. The van der Waals surface area contributed by atoms with E-state index in [1.165, 1.54) is 11.9 Å². The molecule has 6 heteroatoms. The molecule has 0 aromatic heterocycles. The standard InChI is InChI=1S/C9H14N2O4/c1-3-6-11(2)9(15)10-5-4-7(12)8(13)14/h1,7,12H,4-6H2,2H3,(H,10,15)(H,13,14). The van der Waals surface area contributed by atoms with Crippen molar-refractivity contribution in [3.05, 3.63) is 0 Å². The molecule has 3 N–H and O–H groups in total. The second kappa shape index (κ2) is 6.68. The number of carboxylic acid groups (broad SMARTS) is 1. The molecule has 1 atom stereocenters. The summed E-state index contributed by atoms with van der Waals surface area (Å²) in [6.45, 7) is 0.258. The van der Waals surface area contributed by atoms with Gasteiger partial charge in [0.2, 0.25) is 0 Å². The summed E-state index contributed by atoms with van der Waals surface area (Å²) >= 11 is 0. The summed E-state index contributed by atoms with van der Waals surface area (Å²) in [7, 11) is 1.52. The van der Waals surface area contributed by atoms with Gasteiger partial charge in [0.05, 0.1) is 6.54 Å². The lowest BCUT2D eigenvalue weighted by Crippen LogP contribution is -2.39. The molecule has 0 heterocycles. The number of aliphatic hydroxyl groups is 1. The van der Waals surface area contributed by atoms with Crippen LogP contribution in [0.3, 0.4) is 0 Å². The van der Waals surface area contributed by atoms with Crippen LogP contribution in [-0.2, 0) is 4.79 Å². The first-order valence-electron chi connectivity index (χ1n) is 4.32. The van der Waals surface area contributed by atoms with E-state index in [2.05, 4.69) is 11.2 Å². The molecule has 1 unspecified atom stereocenters. The van der Waals surface area contributed by atoms with Crippen LogP contribution in [0.4, 0.5) is 4.79 Å². The maximum absolute atomic E-state index is 11.2. The molecule has 15 heavy (non-hydrogen) atoms. The number of nitrogens with zero attached hydrogens (tertiary/aromatic N) is 1. The first kappa shape index (κ1) is 13.3. The van der Waals surface area contributed by atoms with E-state index in [4.69, 9.17) is 16.6 Å². The number of hydrogen-bond donors (Lipinski definition) is 3. The van der Waals surface area contributed by atoms with Crippen molar-refractivity contribution in [3.8, 4) is 12.3 Å². The highest BCUT2D eigenvalue weighted by Gasteiger charge is 2.13. The van der Waals surface area contributed by atoms with E-state index in [-0.39, 0.29) is 19.5 Å². The first-order valence-corrected chi connectivity index (χ1v) is 4.32. The van der Waals surface area contributed by atoms with Crippen molar-refractivity contribution in [2.75, 3.05) is 20.1 Å². The van der Waals surface area contributed by atoms with Crippen LogP contribution >= 0.6 is 0 Å². The van der Waals surface area contributed by atoms with Crippen molar-refractivity contribution >= 4 is 12.0 Å². The summed E-state index contributed by atoms with van der Waals surface area (Å²) in [4.78, 5) is 22.7. The monoisotopic (exact) mass is 214 g/mol. The molecule has 6 nitrogen and oxygen atoms in total. The molecular formula is C9H14N2O4. The summed E-state index contributed by atoms with van der Waals surface area (Å²) < 4.78 is 0. The maximum atomic E-state index is 11.2. The van der Waals surface area contributed by atoms with Gasteiger partial charge in [-0.15, -0.1) is 6.42 Å². The Bertz CT molecular complexity index is 272. The topological polar surface area (TPSA) is 89.9 Å². The van der Waals surface area contributed by atoms with E-state index in [1.54, 1.807) is 0 Å². The third-order valence-corrected chi connectivity index (χ3v) is 1.65. The fourth-order valence-corrected chi connectivity index (χ4v) is 0.783. The molecule has 0 aromatic carbocycles. The molecule has 0 fully saturated rings. The lowest BCUT2D eigenvalue weighted by atomic mass is 10.2. The summed E-state index contributed by atoms with van der Waals surface area (Å²) in [6.07, 6.45) is 3.50. The molecule has 0 bridgehead atoms. The predicted molar refractivity (Wildman–Crippen MR) is 53.1 cm³/mol. The SMILES string of the molecule is C#CCN(C)C(=O)NCCC(O)C(=O)O. The highest BCUT2D eigenvalue weighted by Crippen LogP contribution is 1.90. The van der Waals surface area contributed by atoms with E-state index >= 15 is 0 Å². The maximum Gasteiger partial charge on any atom is 0.332 e. The second-order valence-electron chi connectivity index (χ2n) is 2.93. The van der Waals surface area contributed by atoms with Crippen LogP contribution in [0.25, 0.3) is 0 Å². The Morgan fingerprint density at radius 2 is 2.20 bits per heavy atom. The number of aliphatic hydroxyl groups excluding tert-OH is 1. The number of rotatable bonds is 5. The second-order valence-corrected chi connectivity index (χ2v) is 2.93. The number of carboxylic acids is 1. The van der Waals surface area contributed by atoms with Gasteiger partial charge < -0.3 is 20.4 Å². The normalized spacial score (nSPS) is 11.3. The van der Waals surface area contributed by atoms with E-state index in [0.717, 1.165) is 0 Å². The Morgan fingerprint density at radius 3 is 2.67 bits per heavy atom. The fraction of sp³-hybridized carbons (Fsp3) is 0.556. The van der Waals surface area contributed by atoms with Gasteiger partial charge in [-0.05, 0) is 0 Å². The van der Waals surface area contributed by atoms with Crippen molar-refractivity contribution in [2.24, 2.45) is 0 Å². The molecule has 0 spiro atoms. The Hall–Kier alpha value is -1.74. The summed E-state index contributed by atoms with van der Waals surface area (Å²) in [6, 6.07) is -0.398. The molecule has 0 saturated heterocycles. The van der Waals surface area contributed by atoms with Crippen molar-refractivity contribution in [1.82, 2.24) is 10.2 Å². The lowest BCUT2D eigenvalue weighted by molar-refractivity contribution is -0.146. The zero-order chi connectivity index (χ0) is 11.8. The largest absolute Gasteiger partial charge is 0.479 e. The number of hydrogen-bond acceptors (Lipinski definition) is 3. The first-order chi connectivity index (χ1) is 6.99. The molecule has 0 aliphatic carbocycles. The molecule has 0 radical (unpaired) electrons. The van der Waals surface area contributed by atoms with Crippen molar-refractivity contribution in [3.63, 3.8) is 0 Å². The van der Waals surface area contributed by atoms with Crippen LogP contribution in [-0.4, -0.2) is 53.4 Å². The molecule has 2 amide bonds. The number of carbonyl (C=O) groups is 2. The summed E-state index contributed by atoms with van der Waals surface area (Å²) in [5.74, 6) is 0.983. The zero-order valence-electron chi connectivity index (χ0n) is 8.43. The van der Waals surface area contributed by atoms with Crippen LogP contribution in [0, 0.1) is 12.3 Å². The van der Waals surface area contributed by atoms with Crippen molar-refractivity contribution in [1.29, 1.82) is 0 Å². The molecule has 84 valence electrons. The molecule has 0 rings (SSSR count). The van der Waals surface area contributed by atoms with Gasteiger partial charge in [0, 0.05) is 20.0 Å². The lowest BCUT2D eigenvalue weighted by Gasteiger charge is -2.15. The summed E-state index contributed by atoms with van der Waals surface area (Å²) in [5.41, 5.74) is 0. The Balaban J connectivity index is 3.73. The van der Waals surface area contributed by atoms with Gasteiger partial charge in [-0.3, -0.25) is 0 Å². The van der Waals surface area contributed by atoms with Gasteiger partial charge in [0.25, 0.3) is 0 Å². The third kappa shape index (κ3) is 5.54.